The summed E-state index contributed by atoms with van der Waals surface area (Å²) in [6.07, 6.45) is 1.29. The van der Waals surface area contributed by atoms with Crippen LogP contribution in [-0.2, 0) is 14.8 Å². The third-order valence-corrected chi connectivity index (χ3v) is 4.45. The monoisotopic (exact) mass is 298 g/mol. The predicted octanol–water partition coefficient (Wildman–Crippen LogP) is 0.839. The van der Waals surface area contributed by atoms with Gasteiger partial charge in [0.05, 0.1) is 10.5 Å². The average Bonchev–Trinajstić information content (AvgIpc) is 3.20. The summed E-state index contributed by atoms with van der Waals surface area (Å²) in [6.45, 7) is 0. The molecule has 1 aromatic rings. The molecule has 2 rings (SSSR count). The molecule has 0 amide bonds. The van der Waals surface area contributed by atoms with Crippen molar-refractivity contribution >= 4 is 16.0 Å². The van der Waals surface area contributed by atoms with E-state index in [9.17, 15) is 17.6 Å². The first-order valence-corrected chi connectivity index (χ1v) is 7.28. The number of nitriles is 1. The van der Waals surface area contributed by atoms with Crippen molar-refractivity contribution in [2.75, 3.05) is 0 Å². The molecule has 0 aromatic heterocycles. The van der Waals surface area contributed by atoms with Crippen molar-refractivity contribution in [3.63, 3.8) is 0 Å². The Kier molecular flexibility index (Phi) is 3.74. The molecule has 106 valence electrons. The first-order valence-electron chi connectivity index (χ1n) is 5.80. The molecule has 6 nitrogen and oxygen atoms in total. The van der Waals surface area contributed by atoms with Gasteiger partial charge in [0.2, 0.25) is 10.0 Å². The number of hydrogen-bond donors (Lipinski definition) is 2. The zero-order valence-electron chi connectivity index (χ0n) is 10.2. The second-order valence-electron chi connectivity index (χ2n) is 4.53. The Balaban J connectivity index is 2.30. The van der Waals surface area contributed by atoms with Crippen LogP contribution in [0, 0.1) is 23.1 Å². The van der Waals surface area contributed by atoms with Crippen molar-refractivity contribution in [1.82, 2.24) is 4.72 Å². The lowest BCUT2D eigenvalue weighted by Gasteiger charge is -2.14. The minimum atomic E-state index is -4.11. The van der Waals surface area contributed by atoms with Crippen molar-refractivity contribution in [2.24, 2.45) is 5.92 Å². The Labute approximate surface area is 114 Å². The fraction of sp³-hybridized carbons (Fsp3) is 0.333. The Bertz CT molecular complexity index is 692. The highest BCUT2D eigenvalue weighted by molar-refractivity contribution is 7.89. The maximum atomic E-state index is 13.2. The molecule has 1 unspecified atom stereocenters. The van der Waals surface area contributed by atoms with E-state index in [1.54, 1.807) is 0 Å². The first-order chi connectivity index (χ1) is 9.35. The zero-order chi connectivity index (χ0) is 14.9. The number of hydrogen-bond acceptors (Lipinski definition) is 4. The molecule has 8 heteroatoms. The van der Waals surface area contributed by atoms with Crippen molar-refractivity contribution in [3.05, 3.63) is 29.6 Å². The van der Waals surface area contributed by atoms with Crippen LogP contribution in [0.3, 0.4) is 0 Å². The minimum absolute atomic E-state index is 0.224. The van der Waals surface area contributed by atoms with Crippen molar-refractivity contribution in [2.45, 2.75) is 23.8 Å². The Morgan fingerprint density at radius 2 is 2.15 bits per heavy atom. The molecule has 20 heavy (non-hydrogen) atoms. The second-order valence-corrected chi connectivity index (χ2v) is 6.24. The Morgan fingerprint density at radius 1 is 1.50 bits per heavy atom. The summed E-state index contributed by atoms with van der Waals surface area (Å²) in [5, 5.41) is 17.7. The third-order valence-electron chi connectivity index (χ3n) is 3.01. The van der Waals surface area contributed by atoms with Crippen LogP contribution in [0.5, 0.6) is 0 Å². The van der Waals surface area contributed by atoms with Crippen molar-refractivity contribution in [1.29, 1.82) is 5.26 Å². The predicted molar refractivity (Wildman–Crippen MR) is 65.6 cm³/mol. The Hall–Kier alpha value is -1.98. The number of carboxylic acids is 1. The number of aliphatic carboxylic acids is 1. The SMILES string of the molecule is N#Cc1cc(S(=O)(=O)NC(C(=O)O)C2CC2)ccc1F. The highest BCUT2D eigenvalue weighted by Gasteiger charge is 2.39. The van der Waals surface area contributed by atoms with Crippen LogP contribution >= 0.6 is 0 Å². The number of sulfonamides is 1. The fourth-order valence-corrected chi connectivity index (χ4v) is 3.05. The lowest BCUT2D eigenvalue weighted by Crippen LogP contribution is -2.42. The number of halogens is 1. The van der Waals surface area contributed by atoms with E-state index >= 15 is 0 Å². The number of carbonyl (C=O) groups is 1. The van der Waals surface area contributed by atoms with Crippen LogP contribution in [0.1, 0.15) is 18.4 Å². The molecule has 1 fully saturated rings. The van der Waals surface area contributed by atoms with Gasteiger partial charge in [-0.05, 0) is 37.0 Å². The summed E-state index contributed by atoms with van der Waals surface area (Å²) in [4.78, 5) is 10.7. The molecule has 0 radical (unpaired) electrons. The molecule has 0 bridgehead atoms. The van der Waals surface area contributed by atoms with Gasteiger partial charge in [0, 0.05) is 0 Å². The standard InChI is InChI=1S/C12H11FN2O4S/c13-10-4-3-9(5-8(10)6-14)20(18,19)15-11(12(16)17)7-1-2-7/h3-5,7,11,15H,1-2H2,(H,16,17). The topological polar surface area (TPSA) is 107 Å². The van der Waals surface area contributed by atoms with Gasteiger partial charge in [-0.25, -0.2) is 12.8 Å². The molecule has 0 heterocycles. The summed E-state index contributed by atoms with van der Waals surface area (Å²) in [5.41, 5.74) is -0.411. The number of carboxylic acid groups (broad SMARTS) is 1. The highest BCUT2D eigenvalue weighted by atomic mass is 32.2. The Morgan fingerprint density at radius 3 is 2.65 bits per heavy atom. The summed E-state index contributed by atoms with van der Waals surface area (Å²) in [6, 6.07) is 3.07. The normalized spacial score (nSPS) is 16.4. The van der Waals surface area contributed by atoms with Crippen LogP contribution in [0.25, 0.3) is 0 Å². The van der Waals surface area contributed by atoms with Gasteiger partial charge in [-0.15, -0.1) is 0 Å². The largest absolute Gasteiger partial charge is 0.480 e. The van der Waals surface area contributed by atoms with Crippen LogP contribution in [0.4, 0.5) is 4.39 Å². The summed E-state index contributed by atoms with van der Waals surface area (Å²) < 4.78 is 39.3. The van der Waals surface area contributed by atoms with Crippen LogP contribution in [0.15, 0.2) is 23.1 Å². The maximum Gasteiger partial charge on any atom is 0.322 e. The molecule has 1 atom stereocenters. The molecule has 2 N–H and O–H groups in total. The van der Waals surface area contributed by atoms with Crippen LogP contribution in [-0.4, -0.2) is 25.5 Å². The van der Waals surface area contributed by atoms with Gasteiger partial charge in [-0.2, -0.15) is 9.98 Å². The summed E-state index contributed by atoms with van der Waals surface area (Å²) in [7, 11) is -4.11. The fourth-order valence-electron chi connectivity index (χ4n) is 1.77. The van der Waals surface area contributed by atoms with Gasteiger partial charge in [-0.3, -0.25) is 4.79 Å². The quantitative estimate of drug-likeness (QED) is 0.837. The van der Waals surface area contributed by atoms with Gasteiger partial charge in [0.15, 0.2) is 0 Å². The molecular formula is C12H11FN2O4S. The minimum Gasteiger partial charge on any atom is -0.480 e. The lowest BCUT2D eigenvalue weighted by atomic mass is 10.2. The molecule has 1 saturated carbocycles. The van der Waals surface area contributed by atoms with Gasteiger partial charge in [-0.1, -0.05) is 0 Å². The van der Waals surface area contributed by atoms with Crippen molar-refractivity contribution in [3.8, 4) is 6.07 Å². The average molecular weight is 298 g/mol. The van der Waals surface area contributed by atoms with E-state index in [0.717, 1.165) is 18.2 Å². The summed E-state index contributed by atoms with van der Waals surface area (Å²) >= 11 is 0. The second kappa shape index (κ2) is 5.19. The van der Waals surface area contributed by atoms with Gasteiger partial charge >= 0.3 is 5.97 Å². The van der Waals surface area contributed by atoms with E-state index in [-0.39, 0.29) is 10.8 Å². The van der Waals surface area contributed by atoms with E-state index in [2.05, 4.69) is 4.72 Å². The van der Waals surface area contributed by atoms with E-state index < -0.39 is 33.4 Å². The van der Waals surface area contributed by atoms with E-state index in [4.69, 9.17) is 10.4 Å². The van der Waals surface area contributed by atoms with E-state index in [1.165, 1.54) is 6.07 Å². The number of rotatable bonds is 5. The molecule has 1 aromatic carbocycles. The third kappa shape index (κ3) is 2.95. The lowest BCUT2D eigenvalue weighted by molar-refractivity contribution is -0.139. The number of nitrogens with zero attached hydrogens (tertiary/aromatic N) is 1. The molecule has 1 aliphatic rings. The number of benzene rings is 1. The van der Waals surface area contributed by atoms with Crippen LogP contribution < -0.4 is 4.72 Å². The van der Waals surface area contributed by atoms with E-state index in [1.807, 2.05) is 0 Å². The van der Waals surface area contributed by atoms with Gasteiger partial charge < -0.3 is 5.11 Å². The highest BCUT2D eigenvalue weighted by Crippen LogP contribution is 2.33. The molecule has 1 aliphatic carbocycles. The molecular weight excluding hydrogens is 287 g/mol. The first kappa shape index (κ1) is 14.4. The van der Waals surface area contributed by atoms with Gasteiger partial charge in [0.1, 0.15) is 17.9 Å². The summed E-state index contributed by atoms with van der Waals surface area (Å²) in [5.74, 6) is -2.31. The molecule has 0 aliphatic heterocycles. The van der Waals surface area contributed by atoms with E-state index in [0.29, 0.717) is 12.8 Å². The van der Waals surface area contributed by atoms with Crippen LogP contribution in [0.2, 0.25) is 0 Å². The number of nitrogens with one attached hydrogen (secondary N) is 1. The molecule has 0 saturated heterocycles. The zero-order valence-corrected chi connectivity index (χ0v) is 11.0. The smallest absolute Gasteiger partial charge is 0.322 e. The van der Waals surface area contributed by atoms with Crippen molar-refractivity contribution < 1.29 is 22.7 Å². The molecule has 0 spiro atoms. The maximum absolute atomic E-state index is 13.2. The van der Waals surface area contributed by atoms with Gasteiger partial charge in [0.25, 0.3) is 0 Å².